The van der Waals surface area contributed by atoms with E-state index in [-0.39, 0.29) is 22.5 Å². The van der Waals surface area contributed by atoms with Crippen LogP contribution in [0, 0.1) is 28.5 Å². The maximum absolute atomic E-state index is 13.7. The van der Waals surface area contributed by atoms with Crippen molar-refractivity contribution in [1.29, 1.82) is 10.5 Å². The first-order valence-corrected chi connectivity index (χ1v) is 6.51. The molecule has 1 aromatic carbocycles. The Labute approximate surface area is 136 Å². The highest BCUT2D eigenvalue weighted by molar-refractivity contribution is 6.28. The molecule has 2 rings (SSSR count). The Kier molecular flexibility index (Phi) is 5.08. The van der Waals surface area contributed by atoms with E-state index in [9.17, 15) is 4.39 Å². The molecule has 8 heteroatoms. The van der Waals surface area contributed by atoms with Gasteiger partial charge in [-0.3, -0.25) is 0 Å². The summed E-state index contributed by atoms with van der Waals surface area (Å²) in [6.45, 7) is 0. The number of nitriles is 2. The molecule has 0 radical (unpaired) electrons. The van der Waals surface area contributed by atoms with Gasteiger partial charge in [0.25, 0.3) is 5.88 Å². The fraction of sp³-hybridized carbons (Fsp3) is 0.0667. The van der Waals surface area contributed by atoms with Crippen molar-refractivity contribution in [1.82, 2.24) is 9.97 Å². The molecule has 6 nitrogen and oxygen atoms in total. The van der Waals surface area contributed by atoms with Crippen molar-refractivity contribution in [3.8, 4) is 29.5 Å². The lowest BCUT2D eigenvalue weighted by molar-refractivity contribution is 0.363. The molecular formula is C15H8ClFN4O2. The number of aromatic nitrogens is 2. The monoisotopic (exact) mass is 330 g/mol. The zero-order valence-electron chi connectivity index (χ0n) is 11.7. The number of hydrogen-bond acceptors (Lipinski definition) is 6. The topological polar surface area (TPSA) is 91.8 Å². The summed E-state index contributed by atoms with van der Waals surface area (Å²) in [5.74, 6) is -0.714. The van der Waals surface area contributed by atoms with Crippen molar-refractivity contribution in [3.63, 3.8) is 0 Å². The molecule has 1 aromatic heterocycles. The summed E-state index contributed by atoms with van der Waals surface area (Å²) in [6.07, 6.45) is 2.24. The van der Waals surface area contributed by atoms with E-state index in [1.54, 1.807) is 24.3 Å². The van der Waals surface area contributed by atoms with Crippen LogP contribution in [0.2, 0.25) is 5.28 Å². The zero-order chi connectivity index (χ0) is 16.8. The minimum absolute atomic E-state index is 0.0858. The Morgan fingerprint density at radius 1 is 1.30 bits per heavy atom. The van der Waals surface area contributed by atoms with E-state index < -0.39 is 5.82 Å². The van der Waals surface area contributed by atoms with Crippen molar-refractivity contribution in [3.05, 3.63) is 46.6 Å². The summed E-state index contributed by atoms with van der Waals surface area (Å²) in [5, 5.41) is 17.4. The molecule has 0 bridgehead atoms. The average Bonchev–Trinajstić information content (AvgIpc) is 2.56. The molecular weight excluding hydrogens is 323 g/mol. The third-order valence-electron chi connectivity index (χ3n) is 2.63. The molecule has 0 N–H and O–H groups in total. The third-order valence-corrected chi connectivity index (χ3v) is 2.81. The number of methoxy groups -OCH3 is 1. The highest BCUT2D eigenvalue weighted by Gasteiger charge is 2.13. The first-order chi connectivity index (χ1) is 11.1. The van der Waals surface area contributed by atoms with Crippen molar-refractivity contribution in [2.75, 3.05) is 7.11 Å². The Morgan fingerprint density at radius 2 is 2.04 bits per heavy atom. The Morgan fingerprint density at radius 3 is 2.70 bits per heavy atom. The minimum Gasteiger partial charge on any atom is -0.493 e. The summed E-state index contributed by atoms with van der Waals surface area (Å²) >= 11 is 5.61. The fourth-order valence-corrected chi connectivity index (χ4v) is 1.75. The van der Waals surface area contributed by atoms with E-state index in [4.69, 9.17) is 31.6 Å². The van der Waals surface area contributed by atoms with Gasteiger partial charge in [0.05, 0.1) is 13.3 Å². The van der Waals surface area contributed by atoms with Gasteiger partial charge in [-0.05, 0) is 35.4 Å². The molecule has 0 aliphatic rings. The first kappa shape index (κ1) is 16.2. The molecule has 0 saturated heterocycles. The van der Waals surface area contributed by atoms with Crippen LogP contribution in [0.3, 0.4) is 0 Å². The maximum Gasteiger partial charge on any atom is 0.260 e. The second-order valence-electron chi connectivity index (χ2n) is 4.09. The van der Waals surface area contributed by atoms with Crippen LogP contribution in [-0.2, 0) is 0 Å². The largest absolute Gasteiger partial charge is 0.493 e. The average molecular weight is 331 g/mol. The minimum atomic E-state index is -0.799. The molecule has 2 aromatic rings. The van der Waals surface area contributed by atoms with Gasteiger partial charge in [-0.1, -0.05) is 6.07 Å². The van der Waals surface area contributed by atoms with E-state index in [1.807, 2.05) is 0 Å². The fourth-order valence-electron chi connectivity index (χ4n) is 1.63. The van der Waals surface area contributed by atoms with Gasteiger partial charge in [-0.15, -0.1) is 0 Å². The quantitative estimate of drug-likeness (QED) is 0.629. The van der Waals surface area contributed by atoms with Gasteiger partial charge >= 0.3 is 0 Å². The Bertz CT molecular complexity index is 840. The lowest BCUT2D eigenvalue weighted by atomic mass is 10.1. The number of rotatable bonds is 4. The van der Waals surface area contributed by atoms with Crippen LogP contribution >= 0.6 is 11.6 Å². The maximum atomic E-state index is 13.7. The van der Waals surface area contributed by atoms with Crippen molar-refractivity contribution >= 4 is 17.7 Å². The standard InChI is InChI=1S/C15H8ClFN4O2/c1-22-12-3-2-9(4-10(6-18)7-19)5-13(12)23-14-11(17)8-20-15(16)21-14/h2-5,8H,1H3. The van der Waals surface area contributed by atoms with E-state index in [1.165, 1.54) is 19.3 Å². The molecule has 0 saturated carbocycles. The molecule has 0 fully saturated rings. The smallest absolute Gasteiger partial charge is 0.260 e. The molecule has 23 heavy (non-hydrogen) atoms. The highest BCUT2D eigenvalue weighted by Crippen LogP contribution is 2.33. The predicted octanol–water partition coefficient (Wildman–Crippen LogP) is 3.50. The molecule has 0 aliphatic heterocycles. The molecule has 0 atom stereocenters. The van der Waals surface area contributed by atoms with E-state index in [0.29, 0.717) is 11.3 Å². The van der Waals surface area contributed by atoms with Gasteiger partial charge in [0, 0.05) is 0 Å². The number of allylic oxidation sites excluding steroid dienone is 1. The normalized spacial score (nSPS) is 9.43. The summed E-state index contributed by atoms with van der Waals surface area (Å²) in [6, 6.07) is 8.13. The summed E-state index contributed by atoms with van der Waals surface area (Å²) in [5.41, 5.74) is 0.414. The predicted molar refractivity (Wildman–Crippen MR) is 79.3 cm³/mol. The first-order valence-electron chi connectivity index (χ1n) is 6.13. The van der Waals surface area contributed by atoms with Crippen LogP contribution in [0.4, 0.5) is 4.39 Å². The molecule has 114 valence electrons. The molecule has 0 unspecified atom stereocenters. The van der Waals surface area contributed by atoms with Crippen LogP contribution < -0.4 is 9.47 Å². The van der Waals surface area contributed by atoms with Crippen LogP contribution in [0.1, 0.15) is 5.56 Å². The summed E-state index contributed by atoms with van der Waals surface area (Å²) in [7, 11) is 1.41. The molecule has 0 spiro atoms. The third kappa shape index (κ3) is 3.94. The van der Waals surface area contributed by atoms with Gasteiger partial charge < -0.3 is 9.47 Å². The molecule has 0 aliphatic carbocycles. The Balaban J connectivity index is 2.45. The Hall–Kier alpha value is -3.16. The number of nitrogens with zero attached hydrogens (tertiary/aromatic N) is 4. The summed E-state index contributed by atoms with van der Waals surface area (Å²) < 4.78 is 24.2. The van der Waals surface area contributed by atoms with Crippen molar-refractivity contribution in [2.45, 2.75) is 0 Å². The van der Waals surface area contributed by atoms with Gasteiger partial charge in [-0.2, -0.15) is 19.9 Å². The number of benzene rings is 1. The van der Waals surface area contributed by atoms with Crippen molar-refractivity contribution < 1.29 is 13.9 Å². The van der Waals surface area contributed by atoms with Gasteiger partial charge in [-0.25, -0.2) is 4.98 Å². The van der Waals surface area contributed by atoms with Crippen LogP contribution in [0.15, 0.2) is 30.0 Å². The second-order valence-corrected chi connectivity index (χ2v) is 4.42. The lowest BCUT2D eigenvalue weighted by Crippen LogP contribution is -1.97. The van der Waals surface area contributed by atoms with E-state index >= 15 is 0 Å². The van der Waals surface area contributed by atoms with Crippen LogP contribution in [0.25, 0.3) is 6.08 Å². The highest BCUT2D eigenvalue weighted by atomic mass is 35.5. The zero-order valence-corrected chi connectivity index (χ0v) is 12.5. The lowest BCUT2D eigenvalue weighted by Gasteiger charge is -2.10. The summed E-state index contributed by atoms with van der Waals surface area (Å²) in [4.78, 5) is 7.14. The van der Waals surface area contributed by atoms with Gasteiger partial charge in [0.1, 0.15) is 17.7 Å². The van der Waals surface area contributed by atoms with Crippen molar-refractivity contribution in [2.24, 2.45) is 0 Å². The van der Waals surface area contributed by atoms with Gasteiger partial charge in [0.2, 0.25) is 11.1 Å². The van der Waals surface area contributed by atoms with Gasteiger partial charge in [0.15, 0.2) is 11.5 Å². The van der Waals surface area contributed by atoms with E-state index in [0.717, 1.165) is 6.20 Å². The second kappa shape index (κ2) is 7.21. The SMILES string of the molecule is COc1ccc(C=C(C#N)C#N)cc1Oc1nc(Cl)ncc1F. The molecule has 1 heterocycles. The number of halogens is 2. The molecule has 0 amide bonds. The van der Waals surface area contributed by atoms with E-state index in [2.05, 4.69) is 9.97 Å². The van der Waals surface area contributed by atoms with Crippen LogP contribution in [-0.4, -0.2) is 17.1 Å². The number of hydrogen-bond donors (Lipinski definition) is 0. The number of ether oxygens (including phenoxy) is 2. The van der Waals surface area contributed by atoms with Crippen LogP contribution in [0.5, 0.6) is 17.4 Å².